The van der Waals surface area contributed by atoms with E-state index in [2.05, 4.69) is 17.4 Å². The van der Waals surface area contributed by atoms with Gasteiger partial charge in [0.15, 0.2) is 0 Å². The number of fused-ring (bicyclic) bond motifs is 1. The number of benzene rings is 2. The van der Waals surface area contributed by atoms with E-state index in [1.807, 2.05) is 12.1 Å². The van der Waals surface area contributed by atoms with Crippen molar-refractivity contribution in [3.63, 3.8) is 0 Å². The molecule has 2 aliphatic rings. The van der Waals surface area contributed by atoms with Gasteiger partial charge in [0.05, 0.1) is 5.92 Å². The van der Waals surface area contributed by atoms with Gasteiger partial charge in [0.25, 0.3) is 0 Å². The van der Waals surface area contributed by atoms with Gasteiger partial charge in [-0.25, -0.2) is 0 Å². The van der Waals surface area contributed by atoms with Crippen LogP contribution in [0.2, 0.25) is 0 Å². The lowest BCUT2D eigenvalue weighted by Crippen LogP contribution is -2.32. The van der Waals surface area contributed by atoms with Crippen molar-refractivity contribution >= 4 is 17.5 Å². The van der Waals surface area contributed by atoms with Gasteiger partial charge in [0, 0.05) is 25.2 Å². The van der Waals surface area contributed by atoms with E-state index < -0.39 is 0 Å². The molecule has 2 amide bonds. The average molecular weight is 350 g/mol. The maximum absolute atomic E-state index is 12.5. The molecule has 1 aliphatic carbocycles. The van der Waals surface area contributed by atoms with Crippen LogP contribution in [0, 0.1) is 5.92 Å². The molecule has 0 aromatic heterocycles. The second-order valence-corrected chi connectivity index (χ2v) is 7.10. The minimum Gasteiger partial charge on any atom is -0.508 e. The molecule has 2 aromatic carbocycles. The van der Waals surface area contributed by atoms with Crippen molar-refractivity contribution in [2.24, 2.45) is 5.92 Å². The zero-order chi connectivity index (χ0) is 18.1. The SMILES string of the molecule is O=C(NCc1cccc(O)c1)C1CC(=O)N(c2ccc3c(c2)CCC3)C1. The van der Waals surface area contributed by atoms with Crippen LogP contribution in [0.1, 0.15) is 29.5 Å². The summed E-state index contributed by atoms with van der Waals surface area (Å²) >= 11 is 0. The molecule has 0 spiro atoms. The van der Waals surface area contributed by atoms with E-state index in [4.69, 9.17) is 0 Å². The minimum absolute atomic E-state index is 0.000419. The number of hydrogen-bond acceptors (Lipinski definition) is 3. The van der Waals surface area contributed by atoms with E-state index in [0.717, 1.165) is 24.1 Å². The van der Waals surface area contributed by atoms with Crippen LogP contribution in [-0.2, 0) is 29.0 Å². The van der Waals surface area contributed by atoms with E-state index >= 15 is 0 Å². The van der Waals surface area contributed by atoms with E-state index in [-0.39, 0.29) is 29.9 Å². The van der Waals surface area contributed by atoms with Crippen molar-refractivity contribution in [2.45, 2.75) is 32.2 Å². The maximum Gasteiger partial charge on any atom is 0.227 e. The highest BCUT2D eigenvalue weighted by atomic mass is 16.3. The Morgan fingerprint density at radius 2 is 2.00 bits per heavy atom. The van der Waals surface area contributed by atoms with Gasteiger partial charge in [0.2, 0.25) is 11.8 Å². The number of anilines is 1. The molecular weight excluding hydrogens is 328 g/mol. The van der Waals surface area contributed by atoms with Crippen LogP contribution in [0.4, 0.5) is 5.69 Å². The molecular formula is C21H22N2O3. The zero-order valence-corrected chi connectivity index (χ0v) is 14.6. The van der Waals surface area contributed by atoms with Gasteiger partial charge in [-0.05, 0) is 60.2 Å². The standard InChI is InChI=1S/C21H22N2O3/c24-19-6-1-3-14(9-19)12-22-21(26)17-11-20(25)23(13-17)18-8-7-15-4-2-5-16(15)10-18/h1,3,6-10,17,24H,2,4-5,11-13H2,(H,22,26). The lowest BCUT2D eigenvalue weighted by atomic mass is 10.1. The number of aryl methyl sites for hydroxylation is 2. The summed E-state index contributed by atoms with van der Waals surface area (Å²) in [6, 6.07) is 13.0. The molecule has 4 rings (SSSR count). The Bertz CT molecular complexity index is 862. The first-order valence-corrected chi connectivity index (χ1v) is 9.08. The molecule has 0 saturated carbocycles. The van der Waals surface area contributed by atoms with Gasteiger partial charge in [-0.15, -0.1) is 0 Å². The summed E-state index contributed by atoms with van der Waals surface area (Å²) in [5, 5.41) is 12.4. The Kier molecular flexibility index (Phi) is 4.37. The molecule has 2 aromatic rings. The first-order chi connectivity index (χ1) is 12.6. The van der Waals surface area contributed by atoms with Gasteiger partial charge in [-0.3, -0.25) is 9.59 Å². The number of nitrogens with zero attached hydrogens (tertiary/aromatic N) is 1. The molecule has 1 atom stereocenters. The second kappa shape index (κ2) is 6.83. The van der Waals surface area contributed by atoms with Crippen LogP contribution in [0.3, 0.4) is 0 Å². The highest BCUT2D eigenvalue weighted by Crippen LogP contribution is 2.30. The van der Waals surface area contributed by atoms with Crippen LogP contribution >= 0.6 is 0 Å². The third kappa shape index (κ3) is 3.29. The van der Waals surface area contributed by atoms with Crippen LogP contribution in [0.15, 0.2) is 42.5 Å². The van der Waals surface area contributed by atoms with Gasteiger partial charge < -0.3 is 15.3 Å². The smallest absolute Gasteiger partial charge is 0.227 e. The van der Waals surface area contributed by atoms with E-state index in [1.165, 1.54) is 17.5 Å². The van der Waals surface area contributed by atoms with Crippen LogP contribution in [0.5, 0.6) is 5.75 Å². The predicted octanol–water partition coefficient (Wildman–Crippen LogP) is 2.55. The summed E-state index contributed by atoms with van der Waals surface area (Å²) in [6.45, 7) is 0.764. The Hall–Kier alpha value is -2.82. The first-order valence-electron chi connectivity index (χ1n) is 9.08. The summed E-state index contributed by atoms with van der Waals surface area (Å²) in [5.74, 6) is -0.283. The molecule has 0 radical (unpaired) electrons. The quantitative estimate of drug-likeness (QED) is 0.890. The molecule has 0 bridgehead atoms. The van der Waals surface area contributed by atoms with Crippen molar-refractivity contribution in [3.05, 3.63) is 59.2 Å². The fraction of sp³-hybridized carbons (Fsp3) is 0.333. The Morgan fingerprint density at radius 3 is 2.85 bits per heavy atom. The Balaban J connectivity index is 1.40. The third-order valence-corrected chi connectivity index (χ3v) is 5.27. The van der Waals surface area contributed by atoms with Crippen molar-refractivity contribution in [2.75, 3.05) is 11.4 Å². The van der Waals surface area contributed by atoms with Crippen molar-refractivity contribution in [3.8, 4) is 5.75 Å². The van der Waals surface area contributed by atoms with Gasteiger partial charge in [-0.1, -0.05) is 18.2 Å². The molecule has 2 N–H and O–H groups in total. The molecule has 5 heteroatoms. The minimum atomic E-state index is -0.340. The molecule has 1 heterocycles. The number of aromatic hydroxyl groups is 1. The molecule has 5 nitrogen and oxygen atoms in total. The summed E-state index contributed by atoms with van der Waals surface area (Å²) in [6.07, 6.45) is 3.60. The maximum atomic E-state index is 12.5. The van der Waals surface area contributed by atoms with Crippen LogP contribution in [-0.4, -0.2) is 23.5 Å². The molecule has 1 unspecified atom stereocenters. The van der Waals surface area contributed by atoms with E-state index in [0.29, 0.717) is 13.1 Å². The normalized spacial score (nSPS) is 18.8. The summed E-state index contributed by atoms with van der Waals surface area (Å²) in [4.78, 5) is 26.6. The Morgan fingerprint density at radius 1 is 1.15 bits per heavy atom. The van der Waals surface area contributed by atoms with Gasteiger partial charge in [-0.2, -0.15) is 0 Å². The lowest BCUT2D eigenvalue weighted by Gasteiger charge is -2.18. The summed E-state index contributed by atoms with van der Waals surface area (Å²) < 4.78 is 0. The number of nitrogens with one attached hydrogen (secondary N) is 1. The molecule has 134 valence electrons. The van der Waals surface area contributed by atoms with Crippen LogP contribution < -0.4 is 10.2 Å². The highest BCUT2D eigenvalue weighted by Gasteiger charge is 2.35. The number of carbonyl (C=O) groups is 2. The number of rotatable bonds is 4. The second-order valence-electron chi connectivity index (χ2n) is 7.10. The van der Waals surface area contributed by atoms with E-state index in [1.54, 1.807) is 23.1 Å². The Labute approximate surface area is 152 Å². The molecule has 1 aliphatic heterocycles. The summed E-state index contributed by atoms with van der Waals surface area (Å²) in [7, 11) is 0. The topological polar surface area (TPSA) is 69.6 Å². The monoisotopic (exact) mass is 350 g/mol. The number of carbonyl (C=O) groups excluding carboxylic acids is 2. The highest BCUT2D eigenvalue weighted by molar-refractivity contribution is 6.00. The van der Waals surface area contributed by atoms with Crippen LogP contribution in [0.25, 0.3) is 0 Å². The summed E-state index contributed by atoms with van der Waals surface area (Å²) in [5.41, 5.74) is 4.44. The first kappa shape index (κ1) is 16.6. The molecule has 1 fully saturated rings. The number of phenolic OH excluding ortho intramolecular Hbond substituents is 1. The average Bonchev–Trinajstić information content (AvgIpc) is 3.25. The lowest BCUT2D eigenvalue weighted by molar-refractivity contribution is -0.126. The molecule has 26 heavy (non-hydrogen) atoms. The number of hydrogen-bond donors (Lipinski definition) is 2. The fourth-order valence-electron chi connectivity index (χ4n) is 3.86. The predicted molar refractivity (Wildman–Crippen MR) is 98.9 cm³/mol. The number of amides is 2. The van der Waals surface area contributed by atoms with Crippen molar-refractivity contribution in [1.82, 2.24) is 5.32 Å². The van der Waals surface area contributed by atoms with Gasteiger partial charge in [0.1, 0.15) is 5.75 Å². The fourth-order valence-corrected chi connectivity index (χ4v) is 3.86. The zero-order valence-electron chi connectivity index (χ0n) is 14.6. The van der Waals surface area contributed by atoms with Crippen molar-refractivity contribution in [1.29, 1.82) is 0 Å². The molecule has 1 saturated heterocycles. The van der Waals surface area contributed by atoms with Crippen molar-refractivity contribution < 1.29 is 14.7 Å². The van der Waals surface area contributed by atoms with Gasteiger partial charge >= 0.3 is 0 Å². The largest absolute Gasteiger partial charge is 0.508 e. The number of phenols is 1. The van der Waals surface area contributed by atoms with E-state index in [9.17, 15) is 14.7 Å². The third-order valence-electron chi connectivity index (χ3n) is 5.27.